The van der Waals surface area contributed by atoms with Crippen molar-refractivity contribution in [2.45, 2.75) is 18.6 Å². The number of rotatable bonds is 8. The maximum absolute atomic E-state index is 14.9. The quantitative estimate of drug-likeness (QED) is 0.0691. The fourth-order valence-electron chi connectivity index (χ4n) is 7.70. The zero-order chi connectivity index (χ0) is 44.2. The lowest BCUT2D eigenvalue weighted by molar-refractivity contribution is -0.164. The molecule has 0 aliphatic heterocycles. The number of carbonyl (C=O) groups excluding carboxylic acids is 4. The zero-order valence-electron chi connectivity index (χ0n) is 32.0. The Bertz CT molecular complexity index is 3410. The Kier molecular flexibility index (Phi) is 9.70. The molecule has 0 saturated heterocycles. The van der Waals surface area contributed by atoms with Gasteiger partial charge in [-0.15, -0.1) is 22.7 Å². The highest BCUT2D eigenvalue weighted by molar-refractivity contribution is 7.25. The highest BCUT2D eigenvalue weighted by Crippen LogP contribution is 2.58. The number of thiophene rings is 2. The van der Waals surface area contributed by atoms with Gasteiger partial charge >= 0.3 is 11.9 Å². The van der Waals surface area contributed by atoms with Crippen LogP contribution in [-0.2, 0) is 37.7 Å². The Morgan fingerprint density at radius 3 is 1.52 bits per heavy atom. The van der Waals surface area contributed by atoms with Crippen molar-refractivity contribution >= 4 is 68.0 Å². The lowest BCUT2D eigenvalue weighted by Crippen LogP contribution is -2.45. The van der Waals surface area contributed by atoms with Crippen LogP contribution < -0.4 is 16.2 Å². The number of allylic oxidation sites excluding steroid dienone is 1. The maximum atomic E-state index is 14.9. The van der Waals surface area contributed by atoms with Crippen LogP contribution in [0.4, 0.5) is 5.00 Å². The predicted molar refractivity (Wildman–Crippen MR) is 227 cm³/mol. The molecule has 13 nitrogen and oxygen atoms in total. The van der Waals surface area contributed by atoms with Crippen molar-refractivity contribution in [1.82, 2.24) is 0 Å². The first-order valence-corrected chi connectivity index (χ1v) is 20.3. The number of nitrogens with zero attached hydrogens (tertiary/aromatic N) is 5. The lowest BCUT2D eigenvalue weighted by atomic mass is 9.79. The Morgan fingerprint density at radius 1 is 0.603 bits per heavy atom. The summed E-state index contributed by atoms with van der Waals surface area (Å²) in [5.41, 5.74) is -3.20. The van der Waals surface area contributed by atoms with E-state index in [1.807, 2.05) is 24.3 Å². The molecule has 5 aromatic carbocycles. The molecular formula is C48H21N5O8S2. The van der Waals surface area contributed by atoms with Crippen LogP contribution in [0.25, 0.3) is 26.6 Å². The van der Waals surface area contributed by atoms with Gasteiger partial charge in [-0.25, -0.2) is 4.99 Å². The Hall–Kier alpha value is -8.73. The van der Waals surface area contributed by atoms with Gasteiger partial charge in [0.25, 0.3) is 0 Å². The van der Waals surface area contributed by atoms with Crippen LogP contribution in [0.15, 0.2) is 117 Å². The van der Waals surface area contributed by atoms with Crippen LogP contribution in [-0.4, -0.2) is 23.5 Å². The van der Waals surface area contributed by atoms with Crippen molar-refractivity contribution < 1.29 is 28.7 Å². The van der Waals surface area contributed by atoms with Crippen LogP contribution in [0.1, 0.15) is 70.1 Å². The highest BCUT2D eigenvalue weighted by Gasteiger charge is 2.60. The van der Waals surface area contributed by atoms with Gasteiger partial charge in [-0.2, -0.15) is 21.0 Å². The minimum Gasteiger partial charge on any atom is -0.459 e. The van der Waals surface area contributed by atoms with Gasteiger partial charge in [0, 0.05) is 37.9 Å². The standard InChI is InChI=1S/C48H21N5O8S2/c49-18-26-11-31-32(12-27(26)19-50)41(55)35(40(31)54)15-30-16-36-44(62-30)45-37(17-38(63-45)53-39-42(56)33-13-28(20-51)29(21-52)14-34(33)43(39)57)48(36,46(58)60-22-24-7-3-1-4-8-24)47(59)61-23-25-9-5-2-6-10-25/h1-17H,22-23H2. The second kappa shape index (κ2) is 15.4. The van der Waals surface area contributed by atoms with Crippen molar-refractivity contribution in [3.63, 3.8) is 0 Å². The van der Waals surface area contributed by atoms with E-state index in [0.717, 1.165) is 22.7 Å². The molecule has 2 heterocycles. The molecule has 9 rings (SSSR count). The summed E-state index contributed by atoms with van der Waals surface area (Å²) in [6, 6.07) is 32.5. The number of fused-ring (bicyclic) bond motifs is 5. The minimum absolute atomic E-state index is 0.0405. The predicted octanol–water partition coefficient (Wildman–Crippen LogP) is 6.49. The molecule has 0 bridgehead atoms. The average Bonchev–Trinajstić information content (AvgIpc) is 4.08. The molecule has 15 heteroatoms. The van der Waals surface area contributed by atoms with E-state index in [9.17, 15) is 49.8 Å². The molecule has 0 fully saturated rings. The van der Waals surface area contributed by atoms with E-state index in [-0.39, 0.29) is 83.9 Å². The molecule has 63 heavy (non-hydrogen) atoms. The molecule has 0 atom stereocenters. The third-order valence-electron chi connectivity index (χ3n) is 10.7. The third kappa shape index (κ3) is 6.28. The zero-order valence-corrected chi connectivity index (χ0v) is 33.7. The first-order chi connectivity index (χ1) is 30.5. The number of esters is 2. The lowest BCUT2D eigenvalue weighted by Gasteiger charge is -2.26. The summed E-state index contributed by atoms with van der Waals surface area (Å²) >= 11 is 1.99. The molecule has 0 radical (unpaired) electrons. The van der Waals surface area contributed by atoms with Gasteiger partial charge in [-0.3, -0.25) is 28.8 Å². The summed E-state index contributed by atoms with van der Waals surface area (Å²) in [7, 11) is 0. The van der Waals surface area contributed by atoms with Gasteiger partial charge in [0.2, 0.25) is 16.3 Å². The molecule has 0 amide bonds. The van der Waals surface area contributed by atoms with Crippen LogP contribution in [0, 0.1) is 45.3 Å². The summed E-state index contributed by atoms with van der Waals surface area (Å²) in [6.07, 6.45) is 1.31. The van der Waals surface area contributed by atoms with Crippen LogP contribution in [0.5, 0.6) is 0 Å². The Balaban J connectivity index is 1.24. The summed E-state index contributed by atoms with van der Waals surface area (Å²) < 4.78 is 11.8. The first-order valence-electron chi connectivity index (χ1n) is 18.7. The average molecular weight is 860 g/mol. The van der Waals surface area contributed by atoms with E-state index in [1.165, 1.54) is 42.5 Å². The normalized spacial score (nSPS) is 12.9. The molecule has 7 aromatic rings. The highest BCUT2D eigenvalue weighted by atomic mass is 32.1. The largest absolute Gasteiger partial charge is 0.459 e. The van der Waals surface area contributed by atoms with Gasteiger partial charge in [0.05, 0.1) is 37.6 Å². The molecule has 2 aromatic heterocycles. The molecule has 2 aliphatic carbocycles. The number of ketones is 2. The fourth-order valence-corrected chi connectivity index (χ4v) is 10.1. The number of carbonyl (C=O) groups is 4. The van der Waals surface area contributed by atoms with Crippen molar-refractivity contribution in [3.8, 4) is 34.0 Å². The number of hydrogen-bond donors (Lipinski definition) is 0. The maximum Gasteiger partial charge on any atom is 0.333 e. The first kappa shape index (κ1) is 39.7. The number of Topliss-reactive ketones (excluding diaryl/α,β-unsaturated/α-hetero) is 2. The molecule has 298 valence electrons. The van der Waals surface area contributed by atoms with Gasteiger partial charge in [0.15, 0.2) is 16.9 Å². The van der Waals surface area contributed by atoms with E-state index >= 15 is 0 Å². The molecule has 0 unspecified atom stereocenters. The van der Waals surface area contributed by atoms with E-state index in [0.29, 0.717) is 20.9 Å². The summed E-state index contributed by atoms with van der Waals surface area (Å²) in [4.78, 5) is 89.8. The molecule has 0 saturated carbocycles. The molecule has 2 aliphatic rings. The van der Waals surface area contributed by atoms with Gasteiger partial charge < -0.3 is 9.47 Å². The topological polar surface area (TPSA) is 228 Å². The summed E-state index contributed by atoms with van der Waals surface area (Å²) in [5, 5.41) is 37.6. The minimum atomic E-state index is -2.33. The molecule has 0 N–H and O–H groups in total. The van der Waals surface area contributed by atoms with E-state index < -0.39 is 45.1 Å². The number of benzene rings is 4. The third-order valence-corrected chi connectivity index (χ3v) is 13.0. The van der Waals surface area contributed by atoms with Crippen molar-refractivity contribution in [2.75, 3.05) is 0 Å². The monoisotopic (exact) mass is 859 g/mol. The van der Waals surface area contributed by atoms with Crippen molar-refractivity contribution in [2.24, 2.45) is 4.99 Å². The Labute approximate surface area is 362 Å². The Morgan fingerprint density at radius 2 is 1.05 bits per heavy atom. The van der Waals surface area contributed by atoms with E-state index in [2.05, 4.69) is 4.99 Å². The number of nitriles is 4. The van der Waals surface area contributed by atoms with E-state index in [4.69, 9.17) is 9.47 Å². The van der Waals surface area contributed by atoms with E-state index in [1.54, 1.807) is 60.7 Å². The fraction of sp³-hybridized carbons (Fsp3) is 0.0625. The van der Waals surface area contributed by atoms with Crippen LogP contribution >= 0.6 is 22.7 Å². The summed E-state index contributed by atoms with van der Waals surface area (Å²) in [6.45, 7) is -0.489. The van der Waals surface area contributed by atoms with Crippen molar-refractivity contribution in [1.29, 1.82) is 21.0 Å². The second-order valence-corrected chi connectivity index (χ2v) is 16.4. The number of hydrogen-bond acceptors (Lipinski definition) is 15. The van der Waals surface area contributed by atoms with Gasteiger partial charge in [0.1, 0.15) is 42.5 Å². The van der Waals surface area contributed by atoms with Crippen LogP contribution in [0.3, 0.4) is 0 Å². The SMILES string of the molecule is N#Cc1cc2c(cc1C#N)C(=O)C(=Cc1cc3c(s1)-c1sc(N=c4c(=O)c5cc(C#N)c(C#N)cc5c4=O)cc1C3(C(=O)OCc1ccccc1)C(=O)OCc1ccccc1)C2=O. The number of ether oxygens (including phenoxy) is 2. The second-order valence-electron chi connectivity index (χ2n) is 14.3. The van der Waals surface area contributed by atoms with Gasteiger partial charge in [-0.1, -0.05) is 60.7 Å². The van der Waals surface area contributed by atoms with Crippen LogP contribution in [0.2, 0.25) is 0 Å². The molecule has 0 spiro atoms. The molecular weight excluding hydrogens is 839 g/mol. The smallest absolute Gasteiger partial charge is 0.333 e. The van der Waals surface area contributed by atoms with Gasteiger partial charge in [-0.05, 0) is 53.6 Å². The van der Waals surface area contributed by atoms with Crippen molar-refractivity contribution in [3.05, 3.63) is 189 Å². The summed E-state index contributed by atoms with van der Waals surface area (Å²) in [5.74, 6) is -3.43.